The highest BCUT2D eigenvalue weighted by atomic mass is 32.2. The number of amides is 1. The molecule has 1 aliphatic rings. The van der Waals surface area contributed by atoms with Gasteiger partial charge in [0.15, 0.2) is 0 Å². The second-order valence-electron chi connectivity index (χ2n) is 6.90. The molecule has 0 unspecified atom stereocenters. The van der Waals surface area contributed by atoms with Crippen LogP contribution in [0.1, 0.15) is 18.4 Å². The van der Waals surface area contributed by atoms with Crippen LogP contribution >= 0.6 is 0 Å². The number of carbonyl (C=O) groups is 1. The van der Waals surface area contributed by atoms with E-state index in [0.717, 1.165) is 0 Å². The Kier molecular flexibility index (Phi) is 6.59. The fraction of sp³-hybridized carbons (Fsp3) is 0.333. The maximum absolute atomic E-state index is 13.3. The van der Waals surface area contributed by atoms with Crippen LogP contribution in [-0.2, 0) is 14.8 Å². The van der Waals surface area contributed by atoms with Crippen molar-refractivity contribution in [2.75, 3.05) is 32.6 Å². The van der Waals surface area contributed by atoms with Crippen LogP contribution in [-0.4, -0.2) is 45.9 Å². The summed E-state index contributed by atoms with van der Waals surface area (Å²) in [4.78, 5) is 12.7. The van der Waals surface area contributed by atoms with Gasteiger partial charge in [0.2, 0.25) is 15.9 Å². The van der Waals surface area contributed by atoms with E-state index in [1.165, 1.54) is 24.6 Å². The summed E-state index contributed by atoms with van der Waals surface area (Å²) in [6.07, 6.45) is 1.13. The predicted molar refractivity (Wildman–Crippen MR) is 111 cm³/mol. The molecular formula is C21H23N3O5S. The van der Waals surface area contributed by atoms with Gasteiger partial charge in [0.1, 0.15) is 16.4 Å². The number of methoxy groups -OCH3 is 2. The van der Waals surface area contributed by atoms with Gasteiger partial charge in [0.25, 0.3) is 0 Å². The SMILES string of the molecule is COc1ccc(OC)c(S(=O)(=O)N2CCC[C@H](C(=O)Nc3cccc(C#N)c3)C2)c1. The van der Waals surface area contributed by atoms with Gasteiger partial charge < -0.3 is 14.8 Å². The fourth-order valence-corrected chi connectivity index (χ4v) is 5.10. The molecule has 1 aliphatic heterocycles. The Hall–Kier alpha value is -3.09. The summed E-state index contributed by atoms with van der Waals surface area (Å²) in [7, 11) is -1.02. The maximum Gasteiger partial charge on any atom is 0.246 e. The van der Waals surface area contributed by atoms with E-state index in [-0.39, 0.29) is 23.1 Å². The van der Waals surface area contributed by atoms with Crippen molar-refractivity contribution >= 4 is 21.6 Å². The van der Waals surface area contributed by atoms with Gasteiger partial charge in [0.05, 0.1) is 31.8 Å². The zero-order chi connectivity index (χ0) is 21.7. The highest BCUT2D eigenvalue weighted by molar-refractivity contribution is 7.89. The molecule has 3 rings (SSSR count). The zero-order valence-corrected chi connectivity index (χ0v) is 17.6. The second kappa shape index (κ2) is 9.15. The van der Waals surface area contributed by atoms with Gasteiger partial charge in [-0.15, -0.1) is 0 Å². The van der Waals surface area contributed by atoms with E-state index in [2.05, 4.69) is 5.32 Å². The van der Waals surface area contributed by atoms with Crippen LogP contribution in [0.2, 0.25) is 0 Å². The van der Waals surface area contributed by atoms with Crippen molar-refractivity contribution in [3.63, 3.8) is 0 Å². The third-order valence-corrected chi connectivity index (χ3v) is 6.89. The molecule has 1 fully saturated rings. The summed E-state index contributed by atoms with van der Waals surface area (Å²) < 4.78 is 38.2. The molecule has 0 radical (unpaired) electrons. The summed E-state index contributed by atoms with van der Waals surface area (Å²) in [5.41, 5.74) is 0.944. The topological polar surface area (TPSA) is 109 Å². The van der Waals surface area contributed by atoms with Gasteiger partial charge in [-0.2, -0.15) is 9.57 Å². The monoisotopic (exact) mass is 429 g/mol. The normalized spacial score (nSPS) is 17.0. The number of nitrogens with one attached hydrogen (secondary N) is 1. The van der Waals surface area contributed by atoms with Crippen LogP contribution < -0.4 is 14.8 Å². The highest BCUT2D eigenvalue weighted by Gasteiger charge is 2.35. The molecule has 1 N–H and O–H groups in total. The molecule has 1 heterocycles. The van der Waals surface area contributed by atoms with E-state index in [0.29, 0.717) is 36.4 Å². The lowest BCUT2D eigenvalue weighted by Crippen LogP contribution is -2.43. The minimum absolute atomic E-state index is 0.00660. The van der Waals surface area contributed by atoms with Gasteiger partial charge in [-0.1, -0.05) is 6.07 Å². The van der Waals surface area contributed by atoms with Crippen molar-refractivity contribution in [1.82, 2.24) is 4.31 Å². The number of sulfonamides is 1. The number of nitrogens with zero attached hydrogens (tertiary/aromatic N) is 2. The minimum Gasteiger partial charge on any atom is -0.497 e. The first-order valence-electron chi connectivity index (χ1n) is 9.42. The summed E-state index contributed by atoms with van der Waals surface area (Å²) in [6, 6.07) is 13.2. The number of hydrogen-bond acceptors (Lipinski definition) is 6. The Morgan fingerprint density at radius 3 is 2.70 bits per heavy atom. The van der Waals surface area contributed by atoms with Crippen LogP contribution in [0, 0.1) is 17.2 Å². The number of hydrogen-bond donors (Lipinski definition) is 1. The zero-order valence-electron chi connectivity index (χ0n) is 16.8. The number of anilines is 1. The van der Waals surface area contributed by atoms with Crippen molar-refractivity contribution in [3.05, 3.63) is 48.0 Å². The Bertz CT molecular complexity index is 1080. The van der Waals surface area contributed by atoms with Gasteiger partial charge in [-0.3, -0.25) is 4.79 Å². The molecule has 0 aromatic heterocycles. The molecule has 2 aromatic rings. The molecule has 0 aliphatic carbocycles. The number of ether oxygens (including phenoxy) is 2. The second-order valence-corrected chi connectivity index (χ2v) is 8.81. The van der Waals surface area contributed by atoms with Gasteiger partial charge in [-0.05, 0) is 43.2 Å². The standard InChI is InChI=1S/C21H23N3O5S/c1-28-18-8-9-19(29-2)20(12-18)30(26,27)24-10-4-6-16(14-24)21(25)23-17-7-3-5-15(11-17)13-22/h3,5,7-9,11-12,16H,4,6,10,14H2,1-2H3,(H,23,25)/t16-/m0/s1. The van der Waals surface area contributed by atoms with Crippen molar-refractivity contribution in [3.8, 4) is 17.6 Å². The molecule has 8 nitrogen and oxygen atoms in total. The average Bonchev–Trinajstić information content (AvgIpc) is 2.78. The molecule has 1 saturated heterocycles. The highest BCUT2D eigenvalue weighted by Crippen LogP contribution is 2.32. The molecular weight excluding hydrogens is 406 g/mol. The number of piperidine rings is 1. The molecule has 0 spiro atoms. The van der Waals surface area contributed by atoms with E-state index < -0.39 is 15.9 Å². The van der Waals surface area contributed by atoms with Crippen LogP contribution in [0.25, 0.3) is 0 Å². The third-order valence-electron chi connectivity index (χ3n) is 5.00. The number of benzene rings is 2. The largest absolute Gasteiger partial charge is 0.497 e. The smallest absolute Gasteiger partial charge is 0.246 e. The van der Waals surface area contributed by atoms with Crippen LogP contribution in [0.5, 0.6) is 11.5 Å². The molecule has 0 saturated carbocycles. The van der Waals surface area contributed by atoms with E-state index in [1.807, 2.05) is 6.07 Å². The molecule has 1 amide bonds. The average molecular weight is 429 g/mol. The van der Waals surface area contributed by atoms with Crippen LogP contribution in [0.15, 0.2) is 47.4 Å². The van der Waals surface area contributed by atoms with Crippen LogP contribution in [0.4, 0.5) is 5.69 Å². The molecule has 2 aromatic carbocycles. The Labute approximate surface area is 176 Å². The molecule has 0 bridgehead atoms. The molecule has 9 heteroatoms. The van der Waals surface area contributed by atoms with Gasteiger partial charge in [-0.25, -0.2) is 8.42 Å². The lowest BCUT2D eigenvalue weighted by molar-refractivity contribution is -0.120. The summed E-state index contributed by atoms with van der Waals surface area (Å²) in [5, 5.41) is 11.8. The number of rotatable bonds is 6. The molecule has 1 atom stereocenters. The fourth-order valence-electron chi connectivity index (χ4n) is 3.41. The van der Waals surface area contributed by atoms with Gasteiger partial charge in [0, 0.05) is 24.8 Å². The van der Waals surface area contributed by atoms with E-state index >= 15 is 0 Å². The van der Waals surface area contributed by atoms with Crippen molar-refractivity contribution in [2.24, 2.45) is 5.92 Å². The summed E-state index contributed by atoms with van der Waals surface area (Å²) >= 11 is 0. The quantitative estimate of drug-likeness (QED) is 0.756. The lowest BCUT2D eigenvalue weighted by atomic mass is 9.98. The number of carbonyl (C=O) groups excluding carboxylic acids is 1. The third kappa shape index (κ3) is 4.56. The molecule has 158 valence electrons. The lowest BCUT2D eigenvalue weighted by Gasteiger charge is -2.31. The first kappa shape index (κ1) is 21.6. The number of nitriles is 1. The Morgan fingerprint density at radius 1 is 1.20 bits per heavy atom. The van der Waals surface area contributed by atoms with Crippen molar-refractivity contribution in [1.29, 1.82) is 5.26 Å². The molecule has 30 heavy (non-hydrogen) atoms. The summed E-state index contributed by atoms with van der Waals surface area (Å²) in [6.45, 7) is 0.378. The summed E-state index contributed by atoms with van der Waals surface area (Å²) in [5.74, 6) is -0.160. The van der Waals surface area contributed by atoms with Crippen LogP contribution in [0.3, 0.4) is 0 Å². The Morgan fingerprint density at radius 2 is 2.00 bits per heavy atom. The first-order valence-corrected chi connectivity index (χ1v) is 10.9. The van der Waals surface area contributed by atoms with Crippen molar-refractivity contribution < 1.29 is 22.7 Å². The van der Waals surface area contributed by atoms with E-state index in [9.17, 15) is 13.2 Å². The maximum atomic E-state index is 13.3. The van der Waals surface area contributed by atoms with E-state index in [4.69, 9.17) is 14.7 Å². The minimum atomic E-state index is -3.88. The predicted octanol–water partition coefficient (Wildman–Crippen LogP) is 2.61. The first-order chi connectivity index (χ1) is 14.4. The van der Waals surface area contributed by atoms with E-state index in [1.54, 1.807) is 36.4 Å². The van der Waals surface area contributed by atoms with Crippen molar-refractivity contribution in [2.45, 2.75) is 17.7 Å². The Balaban J connectivity index is 1.80. The van der Waals surface area contributed by atoms with Gasteiger partial charge >= 0.3 is 0 Å².